The Morgan fingerprint density at radius 3 is 2.67 bits per heavy atom. The topological polar surface area (TPSA) is 43.8 Å². The zero-order chi connectivity index (χ0) is 8.72. The Labute approximate surface area is 72.6 Å². The monoisotopic (exact) mass is 165 g/mol. The molecule has 1 saturated carbocycles. The Morgan fingerprint density at radius 2 is 2.25 bits per heavy atom. The maximum absolute atomic E-state index is 5.75. The van der Waals surface area contributed by atoms with E-state index in [-0.39, 0.29) is 0 Å². The number of hydrogen-bond acceptors (Lipinski definition) is 2. The number of aromatic nitrogens is 2. The third-order valence-electron chi connectivity index (χ3n) is 2.62. The fourth-order valence-electron chi connectivity index (χ4n) is 1.91. The molecule has 0 aliphatic heterocycles. The lowest BCUT2D eigenvalue weighted by molar-refractivity contribution is 0.218. The summed E-state index contributed by atoms with van der Waals surface area (Å²) < 4.78 is 2.11. The van der Waals surface area contributed by atoms with Gasteiger partial charge in [0, 0.05) is 12.2 Å². The predicted molar refractivity (Wildman–Crippen MR) is 48.8 cm³/mol. The van der Waals surface area contributed by atoms with Crippen LogP contribution in [0, 0.1) is 12.8 Å². The SMILES string of the molecule is Cc1cn(C2CC(C)C2)c(N)n1. The summed E-state index contributed by atoms with van der Waals surface area (Å²) >= 11 is 0. The molecule has 0 radical (unpaired) electrons. The first-order chi connectivity index (χ1) is 5.66. The molecule has 66 valence electrons. The fourth-order valence-corrected chi connectivity index (χ4v) is 1.91. The predicted octanol–water partition coefficient (Wildman–Crippen LogP) is 1.74. The van der Waals surface area contributed by atoms with Gasteiger partial charge in [0.25, 0.3) is 0 Å². The van der Waals surface area contributed by atoms with Crippen LogP contribution in [0.15, 0.2) is 6.20 Å². The summed E-state index contributed by atoms with van der Waals surface area (Å²) in [5, 5.41) is 0. The molecule has 2 N–H and O–H groups in total. The molecule has 0 unspecified atom stereocenters. The van der Waals surface area contributed by atoms with Gasteiger partial charge in [-0.1, -0.05) is 6.92 Å². The number of hydrogen-bond donors (Lipinski definition) is 1. The van der Waals surface area contributed by atoms with E-state index in [1.807, 2.05) is 13.1 Å². The van der Waals surface area contributed by atoms with Crippen molar-refractivity contribution in [2.45, 2.75) is 32.7 Å². The van der Waals surface area contributed by atoms with Crippen LogP contribution < -0.4 is 5.73 Å². The number of rotatable bonds is 1. The van der Waals surface area contributed by atoms with Gasteiger partial charge >= 0.3 is 0 Å². The molecule has 0 amide bonds. The molecule has 1 heterocycles. The fraction of sp³-hybridized carbons (Fsp3) is 0.667. The summed E-state index contributed by atoms with van der Waals surface area (Å²) in [6, 6.07) is 0.612. The van der Waals surface area contributed by atoms with E-state index in [0.717, 1.165) is 11.6 Å². The van der Waals surface area contributed by atoms with Crippen LogP contribution in [0.2, 0.25) is 0 Å². The summed E-state index contributed by atoms with van der Waals surface area (Å²) in [5.41, 5.74) is 6.77. The van der Waals surface area contributed by atoms with E-state index in [4.69, 9.17) is 5.73 Å². The first-order valence-electron chi connectivity index (χ1n) is 4.47. The first-order valence-corrected chi connectivity index (χ1v) is 4.47. The highest BCUT2D eigenvalue weighted by molar-refractivity contribution is 5.23. The Balaban J connectivity index is 2.17. The summed E-state index contributed by atoms with van der Waals surface area (Å²) in [7, 11) is 0. The maximum Gasteiger partial charge on any atom is 0.200 e. The van der Waals surface area contributed by atoms with E-state index in [0.29, 0.717) is 12.0 Å². The summed E-state index contributed by atoms with van der Waals surface area (Å²) in [6.07, 6.45) is 4.55. The second-order valence-electron chi connectivity index (χ2n) is 3.88. The Kier molecular flexibility index (Phi) is 1.60. The smallest absolute Gasteiger partial charge is 0.200 e. The van der Waals surface area contributed by atoms with Crippen molar-refractivity contribution in [2.75, 3.05) is 5.73 Å². The van der Waals surface area contributed by atoms with E-state index in [1.165, 1.54) is 12.8 Å². The molecule has 0 aromatic carbocycles. The van der Waals surface area contributed by atoms with Gasteiger partial charge in [0.15, 0.2) is 0 Å². The van der Waals surface area contributed by atoms with Crippen LogP contribution >= 0.6 is 0 Å². The Bertz CT molecular complexity index is 284. The van der Waals surface area contributed by atoms with E-state index in [9.17, 15) is 0 Å². The quantitative estimate of drug-likeness (QED) is 0.689. The highest BCUT2D eigenvalue weighted by Crippen LogP contribution is 2.38. The van der Waals surface area contributed by atoms with Crippen molar-refractivity contribution in [3.63, 3.8) is 0 Å². The summed E-state index contributed by atoms with van der Waals surface area (Å²) in [5.74, 6) is 1.53. The number of anilines is 1. The molecule has 1 aliphatic carbocycles. The van der Waals surface area contributed by atoms with Gasteiger partial charge in [0.2, 0.25) is 5.95 Å². The van der Waals surface area contributed by atoms with Crippen LogP contribution in [0.5, 0.6) is 0 Å². The van der Waals surface area contributed by atoms with Crippen molar-refractivity contribution in [3.05, 3.63) is 11.9 Å². The summed E-state index contributed by atoms with van der Waals surface area (Å²) in [4.78, 5) is 4.18. The molecule has 3 heteroatoms. The molecule has 1 aromatic heterocycles. The van der Waals surface area contributed by atoms with E-state index in [1.54, 1.807) is 0 Å². The zero-order valence-corrected chi connectivity index (χ0v) is 7.62. The largest absolute Gasteiger partial charge is 0.369 e. The van der Waals surface area contributed by atoms with E-state index in [2.05, 4.69) is 16.5 Å². The van der Waals surface area contributed by atoms with Gasteiger partial charge < -0.3 is 10.3 Å². The molecule has 12 heavy (non-hydrogen) atoms. The first kappa shape index (κ1) is 7.65. The van der Waals surface area contributed by atoms with Gasteiger partial charge in [-0.2, -0.15) is 0 Å². The van der Waals surface area contributed by atoms with Gasteiger partial charge in [-0.3, -0.25) is 0 Å². The normalized spacial score (nSPS) is 28.5. The van der Waals surface area contributed by atoms with Gasteiger partial charge in [-0.05, 0) is 25.7 Å². The minimum Gasteiger partial charge on any atom is -0.369 e. The second-order valence-corrected chi connectivity index (χ2v) is 3.88. The molecule has 1 aromatic rings. The summed E-state index contributed by atoms with van der Waals surface area (Å²) in [6.45, 7) is 4.26. The lowest BCUT2D eigenvalue weighted by atomic mass is 9.82. The average molecular weight is 165 g/mol. The molecule has 1 fully saturated rings. The van der Waals surface area contributed by atoms with Gasteiger partial charge in [-0.15, -0.1) is 0 Å². The maximum atomic E-state index is 5.75. The molecular formula is C9H15N3. The van der Waals surface area contributed by atoms with Gasteiger partial charge in [-0.25, -0.2) is 4.98 Å². The van der Waals surface area contributed by atoms with Crippen molar-refractivity contribution < 1.29 is 0 Å². The number of aryl methyl sites for hydroxylation is 1. The number of nitrogen functional groups attached to an aromatic ring is 1. The van der Waals surface area contributed by atoms with Crippen LogP contribution in [0.1, 0.15) is 31.5 Å². The van der Waals surface area contributed by atoms with Crippen molar-refractivity contribution >= 4 is 5.95 Å². The van der Waals surface area contributed by atoms with Crippen LogP contribution in [-0.4, -0.2) is 9.55 Å². The number of imidazole rings is 1. The van der Waals surface area contributed by atoms with E-state index < -0.39 is 0 Å². The minimum atomic E-state index is 0.612. The van der Waals surface area contributed by atoms with Crippen molar-refractivity contribution in [1.29, 1.82) is 0 Å². The van der Waals surface area contributed by atoms with Crippen molar-refractivity contribution in [1.82, 2.24) is 9.55 Å². The Morgan fingerprint density at radius 1 is 1.58 bits per heavy atom. The van der Waals surface area contributed by atoms with E-state index >= 15 is 0 Å². The van der Waals surface area contributed by atoms with Crippen LogP contribution in [0.3, 0.4) is 0 Å². The van der Waals surface area contributed by atoms with Crippen LogP contribution in [-0.2, 0) is 0 Å². The van der Waals surface area contributed by atoms with Crippen molar-refractivity contribution in [2.24, 2.45) is 5.92 Å². The van der Waals surface area contributed by atoms with Crippen LogP contribution in [0.25, 0.3) is 0 Å². The standard InChI is InChI=1S/C9H15N3/c1-6-3-8(4-6)12-5-7(2)11-9(12)10/h5-6,8H,3-4H2,1-2H3,(H2,10,11). The lowest BCUT2D eigenvalue weighted by Crippen LogP contribution is -2.25. The lowest BCUT2D eigenvalue weighted by Gasteiger charge is -2.34. The third kappa shape index (κ3) is 1.09. The highest BCUT2D eigenvalue weighted by Gasteiger charge is 2.27. The minimum absolute atomic E-state index is 0.612. The second kappa shape index (κ2) is 2.51. The molecular weight excluding hydrogens is 150 g/mol. The van der Waals surface area contributed by atoms with Gasteiger partial charge in [0.1, 0.15) is 0 Å². The average Bonchev–Trinajstić information content (AvgIpc) is 2.23. The van der Waals surface area contributed by atoms with Crippen LogP contribution in [0.4, 0.5) is 5.95 Å². The molecule has 0 saturated heterocycles. The van der Waals surface area contributed by atoms with Gasteiger partial charge in [0.05, 0.1) is 5.69 Å². The zero-order valence-electron chi connectivity index (χ0n) is 7.62. The third-order valence-corrected chi connectivity index (χ3v) is 2.62. The molecule has 0 spiro atoms. The number of nitrogens with zero attached hydrogens (tertiary/aromatic N) is 2. The Hall–Kier alpha value is -0.990. The molecule has 1 aliphatic rings. The molecule has 2 rings (SSSR count). The van der Waals surface area contributed by atoms with Crippen molar-refractivity contribution in [3.8, 4) is 0 Å². The molecule has 0 atom stereocenters. The number of nitrogens with two attached hydrogens (primary N) is 1. The molecule has 0 bridgehead atoms. The highest BCUT2D eigenvalue weighted by atomic mass is 15.2. The molecule has 3 nitrogen and oxygen atoms in total.